The zero-order valence-corrected chi connectivity index (χ0v) is 15.6. The molecule has 0 bridgehead atoms. The fraction of sp³-hybridized carbons (Fsp3) is 0.250. The van der Waals surface area contributed by atoms with Crippen LogP contribution in [0.1, 0.15) is 29.8 Å². The average Bonchev–Trinajstić information content (AvgIpc) is 2.66. The van der Waals surface area contributed by atoms with E-state index in [0.717, 1.165) is 18.2 Å². The molecule has 0 aliphatic heterocycles. The van der Waals surface area contributed by atoms with Gasteiger partial charge in [0.25, 0.3) is 5.91 Å². The Balaban J connectivity index is 1.88. The number of benzene rings is 2. The van der Waals surface area contributed by atoms with Crippen molar-refractivity contribution >= 4 is 23.3 Å². The predicted octanol–water partition coefficient (Wildman–Crippen LogP) is 3.86. The van der Waals surface area contributed by atoms with Gasteiger partial charge in [-0.3, -0.25) is 9.59 Å². The summed E-state index contributed by atoms with van der Waals surface area (Å²) in [6.45, 7) is 2.04. The van der Waals surface area contributed by atoms with E-state index in [-0.39, 0.29) is 11.5 Å². The summed E-state index contributed by atoms with van der Waals surface area (Å²) in [4.78, 5) is 35.3. The van der Waals surface area contributed by atoms with E-state index in [4.69, 9.17) is 9.47 Å². The van der Waals surface area contributed by atoms with Crippen molar-refractivity contribution in [2.45, 2.75) is 26.1 Å². The number of ketones is 1. The highest BCUT2D eigenvalue weighted by atomic mass is 19.4. The van der Waals surface area contributed by atoms with E-state index in [1.807, 2.05) is 0 Å². The quantitative estimate of drug-likeness (QED) is 0.555. The molecule has 9 heteroatoms. The molecule has 1 N–H and O–H groups in total. The van der Waals surface area contributed by atoms with Crippen molar-refractivity contribution in [3.05, 3.63) is 59.7 Å². The smallest absolute Gasteiger partial charge is 0.416 e. The maximum absolute atomic E-state index is 12.7. The number of halogens is 3. The standard InChI is InChI=1S/C20H18F3NO5/c1-12(25)14-5-3-7-16(9-14)24-19(27)13(2)29-18(26)11-28-17-8-4-6-15(10-17)20(21,22)23/h3-10,13H,11H2,1-2H3,(H,24,27)/t13-/m0/s1. The number of hydrogen-bond acceptors (Lipinski definition) is 5. The summed E-state index contributed by atoms with van der Waals surface area (Å²) in [6, 6.07) is 10.3. The highest BCUT2D eigenvalue weighted by Gasteiger charge is 2.30. The second-order valence-corrected chi connectivity index (χ2v) is 6.07. The first-order valence-corrected chi connectivity index (χ1v) is 8.47. The Bertz CT molecular complexity index is 911. The largest absolute Gasteiger partial charge is 0.482 e. The first-order valence-electron chi connectivity index (χ1n) is 8.47. The highest BCUT2D eigenvalue weighted by Crippen LogP contribution is 2.31. The molecule has 0 spiro atoms. The first-order chi connectivity index (χ1) is 13.6. The Labute approximate surface area is 164 Å². The third kappa shape index (κ3) is 6.63. The molecule has 0 heterocycles. The van der Waals surface area contributed by atoms with Gasteiger partial charge in [0.1, 0.15) is 5.75 Å². The number of carbonyl (C=O) groups excluding carboxylic acids is 3. The Morgan fingerprint density at radius 1 is 1.07 bits per heavy atom. The van der Waals surface area contributed by atoms with Crippen LogP contribution in [0.5, 0.6) is 5.75 Å². The monoisotopic (exact) mass is 409 g/mol. The van der Waals surface area contributed by atoms with Crippen molar-refractivity contribution in [1.29, 1.82) is 0 Å². The van der Waals surface area contributed by atoms with Crippen LogP contribution in [-0.4, -0.2) is 30.4 Å². The summed E-state index contributed by atoms with van der Waals surface area (Å²) < 4.78 is 47.9. The minimum Gasteiger partial charge on any atom is -0.482 e. The molecule has 29 heavy (non-hydrogen) atoms. The van der Waals surface area contributed by atoms with E-state index in [1.54, 1.807) is 18.2 Å². The number of esters is 1. The lowest BCUT2D eigenvalue weighted by Crippen LogP contribution is -2.31. The molecule has 0 radical (unpaired) electrons. The van der Waals surface area contributed by atoms with Gasteiger partial charge in [0.15, 0.2) is 18.5 Å². The van der Waals surface area contributed by atoms with Gasteiger partial charge in [-0.25, -0.2) is 4.79 Å². The lowest BCUT2D eigenvalue weighted by atomic mass is 10.1. The normalized spacial score (nSPS) is 12.0. The lowest BCUT2D eigenvalue weighted by molar-refractivity contribution is -0.155. The SMILES string of the molecule is CC(=O)c1cccc(NC(=O)[C@H](C)OC(=O)COc2cccc(C(F)(F)F)c2)c1. The number of alkyl halides is 3. The van der Waals surface area contributed by atoms with Crippen LogP contribution in [0.15, 0.2) is 48.5 Å². The third-order valence-electron chi connectivity index (χ3n) is 3.73. The summed E-state index contributed by atoms with van der Waals surface area (Å²) in [5, 5.41) is 2.51. The second kappa shape index (κ2) is 9.22. The molecule has 0 saturated heterocycles. The molecule has 6 nitrogen and oxygen atoms in total. The van der Waals surface area contributed by atoms with E-state index < -0.39 is 36.3 Å². The first kappa shape index (κ1) is 21.9. The van der Waals surface area contributed by atoms with Crippen LogP contribution in [0.3, 0.4) is 0 Å². The van der Waals surface area contributed by atoms with E-state index >= 15 is 0 Å². The minimum atomic E-state index is -4.54. The molecule has 0 aliphatic carbocycles. The Morgan fingerprint density at radius 3 is 2.41 bits per heavy atom. The molecule has 1 amide bonds. The summed E-state index contributed by atoms with van der Waals surface area (Å²) in [5.41, 5.74) is -0.156. The van der Waals surface area contributed by atoms with E-state index in [2.05, 4.69) is 5.32 Å². The molecule has 0 aliphatic rings. The van der Waals surface area contributed by atoms with Crippen LogP contribution in [-0.2, 0) is 20.5 Å². The molecule has 0 aromatic heterocycles. The van der Waals surface area contributed by atoms with Gasteiger partial charge in [0.2, 0.25) is 0 Å². The maximum Gasteiger partial charge on any atom is 0.416 e. The number of carbonyl (C=O) groups is 3. The number of Topliss-reactive ketones (excluding diaryl/α,β-unsaturated/α-hetero) is 1. The zero-order valence-electron chi connectivity index (χ0n) is 15.6. The summed E-state index contributed by atoms with van der Waals surface area (Å²) in [5.74, 6) is -1.90. The van der Waals surface area contributed by atoms with Gasteiger partial charge in [-0.1, -0.05) is 18.2 Å². The van der Waals surface area contributed by atoms with Gasteiger partial charge < -0.3 is 14.8 Å². The zero-order chi connectivity index (χ0) is 21.6. The van der Waals surface area contributed by atoms with E-state index in [1.165, 1.54) is 26.0 Å². The van der Waals surface area contributed by atoms with Crippen molar-refractivity contribution in [1.82, 2.24) is 0 Å². The maximum atomic E-state index is 12.7. The number of hydrogen-bond donors (Lipinski definition) is 1. The second-order valence-electron chi connectivity index (χ2n) is 6.07. The van der Waals surface area contributed by atoms with E-state index in [0.29, 0.717) is 11.3 Å². The van der Waals surface area contributed by atoms with Crippen molar-refractivity contribution < 1.29 is 37.0 Å². The van der Waals surface area contributed by atoms with Crippen LogP contribution < -0.4 is 10.1 Å². The molecule has 0 fully saturated rings. The van der Waals surface area contributed by atoms with Crippen molar-refractivity contribution in [3.63, 3.8) is 0 Å². The fourth-order valence-corrected chi connectivity index (χ4v) is 2.25. The Hall–Kier alpha value is -3.36. The minimum absolute atomic E-state index is 0.157. The van der Waals surface area contributed by atoms with Gasteiger partial charge >= 0.3 is 12.1 Å². The third-order valence-corrected chi connectivity index (χ3v) is 3.73. The number of rotatable bonds is 7. The van der Waals surface area contributed by atoms with Crippen LogP contribution >= 0.6 is 0 Å². The van der Waals surface area contributed by atoms with Gasteiger partial charge in [0, 0.05) is 11.3 Å². The average molecular weight is 409 g/mol. The summed E-state index contributed by atoms with van der Waals surface area (Å²) >= 11 is 0. The molecule has 0 saturated carbocycles. The lowest BCUT2D eigenvalue weighted by Gasteiger charge is -2.14. The Morgan fingerprint density at radius 2 is 1.76 bits per heavy atom. The van der Waals surface area contributed by atoms with Crippen LogP contribution in [0, 0.1) is 0 Å². The van der Waals surface area contributed by atoms with Gasteiger partial charge in [-0.2, -0.15) is 13.2 Å². The number of nitrogens with one attached hydrogen (secondary N) is 1. The van der Waals surface area contributed by atoms with Crippen molar-refractivity contribution in [2.75, 3.05) is 11.9 Å². The molecule has 2 rings (SSSR count). The molecule has 2 aromatic carbocycles. The summed E-state index contributed by atoms with van der Waals surface area (Å²) in [7, 11) is 0. The molecule has 154 valence electrons. The molecule has 0 unspecified atom stereocenters. The number of anilines is 1. The van der Waals surface area contributed by atoms with Gasteiger partial charge in [-0.15, -0.1) is 0 Å². The molecular weight excluding hydrogens is 391 g/mol. The highest BCUT2D eigenvalue weighted by molar-refractivity contribution is 5.98. The fourth-order valence-electron chi connectivity index (χ4n) is 2.25. The van der Waals surface area contributed by atoms with Crippen molar-refractivity contribution in [2.24, 2.45) is 0 Å². The molecule has 2 aromatic rings. The van der Waals surface area contributed by atoms with Crippen molar-refractivity contribution in [3.8, 4) is 5.75 Å². The Kier molecular flexibility index (Phi) is 6.98. The topological polar surface area (TPSA) is 81.7 Å². The van der Waals surface area contributed by atoms with Gasteiger partial charge in [0.05, 0.1) is 5.56 Å². The number of amides is 1. The molecule has 1 atom stereocenters. The summed E-state index contributed by atoms with van der Waals surface area (Å²) in [6.07, 6.45) is -5.72. The van der Waals surface area contributed by atoms with Crippen LogP contribution in [0.4, 0.5) is 18.9 Å². The molecular formula is C20H18F3NO5. The van der Waals surface area contributed by atoms with Crippen LogP contribution in [0.2, 0.25) is 0 Å². The van der Waals surface area contributed by atoms with Gasteiger partial charge in [-0.05, 0) is 44.2 Å². The number of ether oxygens (including phenoxy) is 2. The predicted molar refractivity (Wildman–Crippen MR) is 97.6 cm³/mol. The van der Waals surface area contributed by atoms with E-state index in [9.17, 15) is 27.6 Å². The van der Waals surface area contributed by atoms with Crippen LogP contribution in [0.25, 0.3) is 0 Å².